The second-order valence-electron chi connectivity index (χ2n) is 2.28. The minimum atomic E-state index is -0.959. The average Bonchev–Trinajstić information content (AvgIpc) is 1.86. The van der Waals surface area contributed by atoms with Gasteiger partial charge in [-0.15, -0.1) is 0 Å². The minimum absolute atomic E-state index is 0. The Hall–Kier alpha value is 0.350. The Morgan fingerprint density at radius 1 is 1.75 bits per heavy atom. The van der Waals surface area contributed by atoms with Crippen molar-refractivity contribution in [1.29, 1.82) is 0 Å². The summed E-state index contributed by atoms with van der Waals surface area (Å²) in [6, 6.07) is 0. The Morgan fingerprint density at radius 2 is 2.25 bits per heavy atom. The van der Waals surface area contributed by atoms with Crippen molar-refractivity contribution in [3.63, 3.8) is 0 Å². The molecule has 1 atom stereocenters. The van der Waals surface area contributed by atoms with E-state index in [1.807, 2.05) is 0 Å². The van der Waals surface area contributed by atoms with Crippen molar-refractivity contribution in [2.75, 3.05) is 19.6 Å². The number of aliphatic hydroxyl groups excluding tert-OH is 1. The summed E-state index contributed by atoms with van der Waals surface area (Å²) >= 11 is 0. The van der Waals surface area contributed by atoms with Crippen LogP contribution < -0.4 is 35.3 Å². The number of carboxylic acids is 1. The van der Waals surface area contributed by atoms with Crippen molar-refractivity contribution < 1.29 is 46.0 Å². The number of carboxylic acid groups (broad SMARTS) is 1. The van der Waals surface area contributed by atoms with Crippen molar-refractivity contribution in [1.82, 2.24) is 4.90 Å². The van der Waals surface area contributed by atoms with E-state index in [9.17, 15) is 4.79 Å². The molecule has 12 heavy (non-hydrogen) atoms. The van der Waals surface area contributed by atoms with Crippen LogP contribution in [0.2, 0.25) is 0 Å². The Balaban J connectivity index is -0.000000500. The molecule has 0 bridgehead atoms. The van der Waals surface area contributed by atoms with Crippen LogP contribution in [-0.4, -0.2) is 46.9 Å². The number of aliphatic hydroxyl groups is 1. The van der Waals surface area contributed by atoms with Crippen LogP contribution >= 0.6 is 0 Å². The average molecular weight is 186 g/mol. The third kappa shape index (κ3) is 7.02. The van der Waals surface area contributed by atoms with Crippen molar-refractivity contribution in [3.05, 3.63) is 0 Å². The standard InChI is InChI=1S/C6H14N2O3.Na.H/c1-5(9)8(3-2-7)4-6(10)11;;/h5,9H,2-4,7H2,1H3,(H,10,11);;/q;+1;-1. The number of nitrogens with two attached hydrogens (primary N) is 1. The van der Waals surface area contributed by atoms with Gasteiger partial charge in [-0.2, -0.15) is 0 Å². The third-order valence-electron chi connectivity index (χ3n) is 1.28. The Morgan fingerprint density at radius 3 is 2.50 bits per heavy atom. The summed E-state index contributed by atoms with van der Waals surface area (Å²) in [5, 5.41) is 17.4. The van der Waals surface area contributed by atoms with Crippen LogP contribution in [0, 0.1) is 0 Å². The molecule has 0 saturated carbocycles. The molecule has 6 heteroatoms. The molecule has 0 saturated heterocycles. The van der Waals surface area contributed by atoms with Gasteiger partial charge in [-0.1, -0.05) is 0 Å². The molecule has 0 aliphatic rings. The summed E-state index contributed by atoms with van der Waals surface area (Å²) in [7, 11) is 0. The fraction of sp³-hybridized carbons (Fsp3) is 0.833. The van der Waals surface area contributed by atoms with Crippen molar-refractivity contribution in [2.24, 2.45) is 5.73 Å². The molecule has 5 nitrogen and oxygen atoms in total. The van der Waals surface area contributed by atoms with E-state index in [4.69, 9.17) is 15.9 Å². The molecule has 0 aliphatic heterocycles. The fourth-order valence-corrected chi connectivity index (χ4v) is 0.738. The van der Waals surface area contributed by atoms with E-state index < -0.39 is 12.2 Å². The van der Waals surface area contributed by atoms with Crippen LogP contribution in [0.1, 0.15) is 8.35 Å². The largest absolute Gasteiger partial charge is 1.00 e. The van der Waals surface area contributed by atoms with Crippen molar-refractivity contribution in [2.45, 2.75) is 13.2 Å². The number of hydrogen-bond acceptors (Lipinski definition) is 4. The van der Waals surface area contributed by atoms with E-state index in [0.29, 0.717) is 13.1 Å². The smallest absolute Gasteiger partial charge is 1.00 e. The monoisotopic (exact) mass is 186 g/mol. The minimum Gasteiger partial charge on any atom is -1.00 e. The number of aliphatic carboxylic acids is 1. The van der Waals surface area contributed by atoms with Gasteiger partial charge in [0, 0.05) is 13.1 Å². The molecule has 0 heterocycles. The van der Waals surface area contributed by atoms with Gasteiger partial charge in [0.2, 0.25) is 0 Å². The molecular weight excluding hydrogens is 171 g/mol. The van der Waals surface area contributed by atoms with E-state index >= 15 is 0 Å². The molecule has 68 valence electrons. The normalized spacial score (nSPS) is 12.3. The van der Waals surface area contributed by atoms with E-state index in [1.165, 1.54) is 11.8 Å². The first kappa shape index (κ1) is 14.9. The predicted molar refractivity (Wildman–Crippen MR) is 41.1 cm³/mol. The van der Waals surface area contributed by atoms with Gasteiger partial charge in [-0.25, -0.2) is 0 Å². The zero-order valence-corrected chi connectivity index (χ0v) is 9.53. The number of rotatable bonds is 5. The third-order valence-corrected chi connectivity index (χ3v) is 1.28. The molecule has 0 fully saturated rings. The zero-order valence-electron chi connectivity index (χ0n) is 8.53. The molecule has 0 amide bonds. The van der Waals surface area contributed by atoms with Crippen molar-refractivity contribution in [3.8, 4) is 0 Å². The van der Waals surface area contributed by atoms with E-state index in [2.05, 4.69) is 0 Å². The van der Waals surface area contributed by atoms with Gasteiger partial charge >= 0.3 is 35.5 Å². The summed E-state index contributed by atoms with van der Waals surface area (Å²) in [6.45, 7) is 2.08. The summed E-state index contributed by atoms with van der Waals surface area (Å²) in [6.07, 6.45) is -0.755. The van der Waals surface area contributed by atoms with E-state index in [1.54, 1.807) is 0 Å². The number of nitrogens with zero attached hydrogens (tertiary/aromatic N) is 1. The molecule has 0 aromatic carbocycles. The molecule has 0 spiro atoms. The summed E-state index contributed by atoms with van der Waals surface area (Å²) < 4.78 is 0. The van der Waals surface area contributed by atoms with Crippen LogP contribution in [0.25, 0.3) is 0 Å². The Kier molecular flexibility index (Phi) is 9.87. The number of carbonyl (C=O) groups is 1. The molecule has 0 aliphatic carbocycles. The fourth-order valence-electron chi connectivity index (χ4n) is 0.738. The summed E-state index contributed by atoms with van der Waals surface area (Å²) in [4.78, 5) is 11.6. The summed E-state index contributed by atoms with van der Waals surface area (Å²) in [5.41, 5.74) is 5.20. The SMILES string of the molecule is CC(O)N(CCN)CC(=O)O.[H-].[Na+]. The van der Waals surface area contributed by atoms with Gasteiger partial charge in [0.25, 0.3) is 0 Å². The number of hydrogen-bond donors (Lipinski definition) is 3. The van der Waals surface area contributed by atoms with E-state index in [-0.39, 0.29) is 37.5 Å². The maximum atomic E-state index is 10.2. The van der Waals surface area contributed by atoms with Gasteiger partial charge < -0.3 is 17.4 Å². The molecular formula is C6H15N2NaO3. The Bertz CT molecular complexity index is 137. The van der Waals surface area contributed by atoms with Crippen LogP contribution in [0.4, 0.5) is 0 Å². The molecule has 1 unspecified atom stereocenters. The second-order valence-corrected chi connectivity index (χ2v) is 2.28. The Labute approximate surface area is 95.3 Å². The van der Waals surface area contributed by atoms with Gasteiger partial charge in [0.1, 0.15) is 6.23 Å². The van der Waals surface area contributed by atoms with Crippen LogP contribution in [-0.2, 0) is 4.79 Å². The quantitative estimate of drug-likeness (QED) is 0.299. The molecule has 0 rings (SSSR count). The zero-order chi connectivity index (χ0) is 8.85. The van der Waals surface area contributed by atoms with Gasteiger partial charge in [0.05, 0.1) is 6.54 Å². The first-order chi connectivity index (χ1) is 5.07. The van der Waals surface area contributed by atoms with E-state index in [0.717, 1.165) is 0 Å². The molecule has 0 aromatic heterocycles. The molecule has 0 aromatic rings. The topological polar surface area (TPSA) is 86.8 Å². The first-order valence-corrected chi connectivity index (χ1v) is 3.42. The maximum absolute atomic E-state index is 10.2. The summed E-state index contributed by atoms with van der Waals surface area (Å²) in [5.74, 6) is -0.959. The van der Waals surface area contributed by atoms with Gasteiger partial charge in [0.15, 0.2) is 0 Å². The van der Waals surface area contributed by atoms with Crippen LogP contribution in [0.15, 0.2) is 0 Å². The predicted octanol–water partition coefficient (Wildman–Crippen LogP) is -4.21. The second kappa shape index (κ2) is 7.97. The molecule has 0 radical (unpaired) electrons. The van der Waals surface area contributed by atoms with Crippen LogP contribution in [0.3, 0.4) is 0 Å². The van der Waals surface area contributed by atoms with Crippen molar-refractivity contribution >= 4 is 5.97 Å². The van der Waals surface area contributed by atoms with Gasteiger partial charge in [-0.05, 0) is 6.92 Å². The van der Waals surface area contributed by atoms with Crippen LogP contribution in [0.5, 0.6) is 0 Å². The van der Waals surface area contributed by atoms with Gasteiger partial charge in [-0.3, -0.25) is 9.69 Å². The first-order valence-electron chi connectivity index (χ1n) is 3.42. The maximum Gasteiger partial charge on any atom is 1.00 e. The molecule has 4 N–H and O–H groups in total.